The van der Waals surface area contributed by atoms with Gasteiger partial charge in [0.25, 0.3) is 0 Å². The molecular formula is C20H25FN2O3S. The summed E-state index contributed by atoms with van der Waals surface area (Å²) in [4.78, 5) is 12.6. The lowest BCUT2D eigenvalue weighted by Gasteiger charge is -2.30. The summed E-state index contributed by atoms with van der Waals surface area (Å²) in [6.07, 6.45) is 2.74. The molecule has 0 aliphatic carbocycles. The maximum Gasteiger partial charge on any atom is 0.243 e. The summed E-state index contributed by atoms with van der Waals surface area (Å²) < 4.78 is 39.6. The van der Waals surface area contributed by atoms with Crippen LogP contribution in [0.3, 0.4) is 0 Å². The lowest BCUT2D eigenvalue weighted by atomic mass is 10.1. The van der Waals surface area contributed by atoms with E-state index in [1.807, 2.05) is 30.3 Å². The van der Waals surface area contributed by atoms with Crippen molar-refractivity contribution in [2.75, 3.05) is 17.1 Å². The molecule has 0 radical (unpaired) electrons. The molecule has 0 saturated carbocycles. The van der Waals surface area contributed by atoms with Gasteiger partial charge >= 0.3 is 0 Å². The van der Waals surface area contributed by atoms with Crippen molar-refractivity contribution in [3.8, 4) is 0 Å². The quantitative estimate of drug-likeness (QED) is 0.667. The number of para-hydroxylation sites is 1. The van der Waals surface area contributed by atoms with Gasteiger partial charge in [0, 0.05) is 6.54 Å². The second-order valence-electron chi connectivity index (χ2n) is 6.31. The van der Waals surface area contributed by atoms with Gasteiger partial charge in [-0.2, -0.15) is 0 Å². The Kier molecular flexibility index (Phi) is 7.36. The van der Waals surface area contributed by atoms with E-state index < -0.39 is 27.8 Å². The van der Waals surface area contributed by atoms with Crippen molar-refractivity contribution >= 4 is 21.6 Å². The molecule has 7 heteroatoms. The highest BCUT2D eigenvalue weighted by Crippen LogP contribution is 2.25. The minimum Gasteiger partial charge on any atom is -0.354 e. The number of carbonyl (C=O) groups excluding carboxylic acids is 1. The number of hydrogen-bond acceptors (Lipinski definition) is 3. The maximum absolute atomic E-state index is 14.2. The molecule has 0 heterocycles. The normalized spacial score (nSPS) is 12.4. The average Bonchev–Trinajstić information content (AvgIpc) is 2.64. The molecular weight excluding hydrogens is 367 g/mol. The molecule has 1 amide bonds. The van der Waals surface area contributed by atoms with Crippen LogP contribution in [0.4, 0.5) is 10.1 Å². The van der Waals surface area contributed by atoms with Gasteiger partial charge in [0.05, 0.1) is 11.9 Å². The van der Waals surface area contributed by atoms with E-state index in [-0.39, 0.29) is 12.1 Å². The van der Waals surface area contributed by atoms with Crippen LogP contribution in [0, 0.1) is 5.82 Å². The summed E-state index contributed by atoms with van der Waals surface area (Å²) >= 11 is 0. The predicted octanol–water partition coefficient (Wildman–Crippen LogP) is 3.12. The number of carbonyl (C=O) groups is 1. The van der Waals surface area contributed by atoms with Crippen molar-refractivity contribution in [1.82, 2.24) is 5.32 Å². The van der Waals surface area contributed by atoms with E-state index in [2.05, 4.69) is 5.32 Å². The molecule has 0 aliphatic rings. The molecule has 0 fully saturated rings. The molecule has 2 aromatic carbocycles. The Bertz CT molecular complexity index is 857. The van der Waals surface area contributed by atoms with Crippen LogP contribution in [0.15, 0.2) is 54.6 Å². The minimum absolute atomic E-state index is 0.119. The number of aryl methyl sites for hydroxylation is 1. The first-order chi connectivity index (χ1) is 12.8. The van der Waals surface area contributed by atoms with E-state index in [1.54, 1.807) is 13.0 Å². The summed E-state index contributed by atoms with van der Waals surface area (Å²) in [7, 11) is -3.84. The monoisotopic (exact) mass is 392 g/mol. The fraction of sp³-hybridized carbons (Fsp3) is 0.350. The fourth-order valence-corrected chi connectivity index (χ4v) is 4.14. The van der Waals surface area contributed by atoms with Crippen LogP contribution >= 0.6 is 0 Å². The zero-order valence-corrected chi connectivity index (χ0v) is 16.4. The summed E-state index contributed by atoms with van der Waals surface area (Å²) in [5, 5.41) is 2.78. The van der Waals surface area contributed by atoms with Gasteiger partial charge in [0.2, 0.25) is 15.9 Å². The van der Waals surface area contributed by atoms with Crippen molar-refractivity contribution in [3.63, 3.8) is 0 Å². The Morgan fingerprint density at radius 2 is 1.74 bits per heavy atom. The molecule has 1 N–H and O–H groups in total. The SMILES string of the molecule is CCC(C(=O)NCCCc1ccccc1)N(c1ccccc1F)S(C)(=O)=O. The molecule has 0 bridgehead atoms. The number of halogens is 1. The smallest absolute Gasteiger partial charge is 0.243 e. The van der Waals surface area contributed by atoms with Gasteiger partial charge in [0.1, 0.15) is 11.9 Å². The summed E-state index contributed by atoms with van der Waals surface area (Å²) in [6.45, 7) is 2.12. The van der Waals surface area contributed by atoms with Crippen LogP contribution in [0.25, 0.3) is 0 Å². The standard InChI is InChI=1S/C20H25FN2O3S/c1-3-18(20(24)22-15-9-12-16-10-5-4-6-11-16)23(27(2,25)26)19-14-8-7-13-17(19)21/h4-8,10-11,13-14,18H,3,9,12,15H2,1-2H3,(H,22,24). The molecule has 0 spiro atoms. The Balaban J connectivity index is 2.07. The number of nitrogens with zero attached hydrogens (tertiary/aromatic N) is 1. The molecule has 0 aromatic heterocycles. The molecule has 27 heavy (non-hydrogen) atoms. The van der Waals surface area contributed by atoms with E-state index in [9.17, 15) is 17.6 Å². The average molecular weight is 392 g/mol. The summed E-state index contributed by atoms with van der Waals surface area (Å²) in [6, 6.07) is 14.4. The summed E-state index contributed by atoms with van der Waals surface area (Å²) in [5.74, 6) is -1.11. The maximum atomic E-state index is 14.2. The van der Waals surface area contributed by atoms with Gasteiger partial charge < -0.3 is 5.32 Å². The van der Waals surface area contributed by atoms with Gasteiger partial charge in [-0.3, -0.25) is 9.10 Å². The number of nitrogens with one attached hydrogen (secondary N) is 1. The zero-order valence-electron chi connectivity index (χ0n) is 15.6. The first kappa shape index (κ1) is 20.9. The Morgan fingerprint density at radius 1 is 1.11 bits per heavy atom. The Morgan fingerprint density at radius 3 is 2.33 bits per heavy atom. The highest BCUT2D eigenvalue weighted by molar-refractivity contribution is 7.92. The lowest BCUT2D eigenvalue weighted by molar-refractivity contribution is -0.122. The van der Waals surface area contributed by atoms with Gasteiger partial charge in [-0.05, 0) is 37.0 Å². The molecule has 1 unspecified atom stereocenters. The van der Waals surface area contributed by atoms with Gasteiger partial charge in [-0.15, -0.1) is 0 Å². The van der Waals surface area contributed by atoms with Crippen molar-refractivity contribution in [2.45, 2.75) is 32.2 Å². The van der Waals surface area contributed by atoms with Crippen molar-refractivity contribution < 1.29 is 17.6 Å². The molecule has 0 saturated heterocycles. The number of sulfonamides is 1. The number of amides is 1. The van der Waals surface area contributed by atoms with E-state index in [0.717, 1.165) is 23.4 Å². The highest BCUT2D eigenvalue weighted by atomic mass is 32.2. The van der Waals surface area contributed by atoms with E-state index >= 15 is 0 Å². The first-order valence-electron chi connectivity index (χ1n) is 8.90. The van der Waals surface area contributed by atoms with Gasteiger partial charge in [-0.25, -0.2) is 12.8 Å². The fourth-order valence-electron chi connectivity index (χ4n) is 2.93. The second-order valence-corrected chi connectivity index (χ2v) is 8.17. The number of hydrogen-bond donors (Lipinski definition) is 1. The molecule has 5 nitrogen and oxygen atoms in total. The van der Waals surface area contributed by atoms with Crippen LogP contribution in [0.5, 0.6) is 0 Å². The highest BCUT2D eigenvalue weighted by Gasteiger charge is 2.32. The van der Waals surface area contributed by atoms with E-state index in [4.69, 9.17) is 0 Å². The van der Waals surface area contributed by atoms with E-state index in [0.29, 0.717) is 6.54 Å². The number of anilines is 1. The van der Waals surface area contributed by atoms with Crippen LogP contribution < -0.4 is 9.62 Å². The molecule has 2 rings (SSSR count). The largest absolute Gasteiger partial charge is 0.354 e. The van der Waals surface area contributed by atoms with Crippen molar-refractivity contribution in [2.24, 2.45) is 0 Å². The van der Waals surface area contributed by atoms with Gasteiger partial charge in [-0.1, -0.05) is 49.4 Å². The third-order valence-corrected chi connectivity index (χ3v) is 5.37. The number of benzene rings is 2. The Labute approximate surface area is 160 Å². The third-order valence-electron chi connectivity index (χ3n) is 4.20. The van der Waals surface area contributed by atoms with Crippen molar-refractivity contribution in [1.29, 1.82) is 0 Å². The molecule has 0 aliphatic heterocycles. The van der Waals surface area contributed by atoms with Crippen molar-refractivity contribution in [3.05, 3.63) is 66.0 Å². The lowest BCUT2D eigenvalue weighted by Crippen LogP contribution is -2.49. The minimum atomic E-state index is -3.84. The molecule has 146 valence electrons. The van der Waals surface area contributed by atoms with E-state index in [1.165, 1.54) is 23.8 Å². The van der Waals surface area contributed by atoms with Crippen LogP contribution in [-0.4, -0.2) is 33.2 Å². The Hall–Kier alpha value is -2.41. The predicted molar refractivity (Wildman–Crippen MR) is 106 cm³/mol. The first-order valence-corrected chi connectivity index (χ1v) is 10.7. The van der Waals surface area contributed by atoms with Gasteiger partial charge in [0.15, 0.2) is 0 Å². The van der Waals surface area contributed by atoms with Crippen LogP contribution in [0.2, 0.25) is 0 Å². The van der Waals surface area contributed by atoms with Crippen LogP contribution in [-0.2, 0) is 21.2 Å². The second kappa shape index (κ2) is 9.50. The topological polar surface area (TPSA) is 66.5 Å². The molecule has 1 atom stereocenters. The van der Waals surface area contributed by atoms with Crippen LogP contribution in [0.1, 0.15) is 25.3 Å². The zero-order chi connectivity index (χ0) is 19.9. The third kappa shape index (κ3) is 5.79. The molecule has 2 aromatic rings. The summed E-state index contributed by atoms with van der Waals surface area (Å²) in [5.41, 5.74) is 1.05. The number of rotatable bonds is 9.